The first-order chi connectivity index (χ1) is 32.3. The number of nitrogens with zero attached hydrogens (tertiary/aromatic N) is 3. The molecule has 7 aromatic carbocycles. The first-order valence-electron chi connectivity index (χ1n) is 23.8. The van der Waals surface area contributed by atoms with Gasteiger partial charge in [0.1, 0.15) is 11.6 Å². The Morgan fingerprint density at radius 1 is 0.485 bits per heavy atom. The third kappa shape index (κ3) is 8.84. The molecule has 4 heteroatoms. The van der Waals surface area contributed by atoms with Crippen LogP contribution in [0.25, 0.3) is 94.9 Å². The number of benzene rings is 7. The molecule has 0 bridgehead atoms. The van der Waals surface area contributed by atoms with E-state index in [9.17, 15) is 5.11 Å². The van der Waals surface area contributed by atoms with E-state index in [-0.39, 0.29) is 22.0 Å². The number of hydrogen-bond donors (Lipinski definition) is 1. The number of phenolic OH excluding ortho intramolecular Hbond substituents is 1. The molecule has 0 unspecified atom stereocenters. The number of fused-ring (bicyclic) bond motifs is 1. The SMILES string of the molecule is C=C(C)c1ccnc(-c2cc(-c3ccccc3-c3ccccc3)cc(-c3cc(-c4cc(C(C)(C)C)ccc4-c4ccccc4)cc4c3nc(-c3cc(C(C)(C)C)cc(C(C)(C)C)c3O)n4C)c2)c1. The molecule has 9 rings (SSSR count). The minimum absolute atomic E-state index is 0.0857. The predicted molar refractivity (Wildman–Crippen MR) is 289 cm³/mol. The van der Waals surface area contributed by atoms with E-state index in [4.69, 9.17) is 9.97 Å². The highest BCUT2D eigenvalue weighted by Gasteiger charge is 2.29. The fourth-order valence-electron chi connectivity index (χ4n) is 9.38. The smallest absolute Gasteiger partial charge is 0.144 e. The summed E-state index contributed by atoms with van der Waals surface area (Å²) in [6, 6.07) is 56.9. The lowest BCUT2D eigenvalue weighted by Crippen LogP contribution is -2.17. The van der Waals surface area contributed by atoms with Gasteiger partial charge in [0.2, 0.25) is 0 Å². The average molecular weight is 890 g/mol. The first kappa shape index (κ1) is 45.8. The van der Waals surface area contributed by atoms with Gasteiger partial charge < -0.3 is 9.67 Å². The Bertz CT molecular complexity index is 3370. The maximum atomic E-state index is 12.3. The van der Waals surface area contributed by atoms with Crippen LogP contribution in [0.2, 0.25) is 0 Å². The summed E-state index contributed by atoms with van der Waals surface area (Å²) in [5, 5.41) is 12.3. The molecule has 0 amide bonds. The Morgan fingerprint density at radius 3 is 1.60 bits per heavy atom. The van der Waals surface area contributed by atoms with Gasteiger partial charge in [0.25, 0.3) is 0 Å². The third-order valence-electron chi connectivity index (χ3n) is 13.4. The van der Waals surface area contributed by atoms with E-state index in [1.165, 1.54) is 5.56 Å². The topological polar surface area (TPSA) is 50.9 Å². The summed E-state index contributed by atoms with van der Waals surface area (Å²) in [6.45, 7) is 26.3. The molecule has 0 saturated heterocycles. The van der Waals surface area contributed by atoms with Gasteiger partial charge >= 0.3 is 0 Å². The minimum atomic E-state index is -0.308. The maximum absolute atomic E-state index is 12.3. The van der Waals surface area contributed by atoms with Crippen molar-refractivity contribution in [2.45, 2.75) is 85.5 Å². The summed E-state index contributed by atoms with van der Waals surface area (Å²) in [5.74, 6) is 0.973. The Morgan fingerprint density at radius 2 is 1.01 bits per heavy atom. The molecule has 1 N–H and O–H groups in total. The van der Waals surface area contributed by atoms with E-state index < -0.39 is 0 Å². The van der Waals surface area contributed by atoms with Crippen LogP contribution in [0.15, 0.2) is 171 Å². The largest absolute Gasteiger partial charge is 0.507 e. The van der Waals surface area contributed by atoms with E-state index in [1.54, 1.807) is 0 Å². The van der Waals surface area contributed by atoms with Gasteiger partial charge in [-0.15, -0.1) is 0 Å². The van der Waals surface area contributed by atoms with Crippen LogP contribution in [0.5, 0.6) is 5.75 Å². The van der Waals surface area contributed by atoms with E-state index in [0.717, 1.165) is 106 Å². The molecule has 0 atom stereocenters. The molecule has 0 radical (unpaired) electrons. The minimum Gasteiger partial charge on any atom is -0.507 e. The van der Waals surface area contributed by atoms with Gasteiger partial charge in [-0.25, -0.2) is 4.98 Å². The summed E-state index contributed by atoms with van der Waals surface area (Å²) >= 11 is 0. The van der Waals surface area contributed by atoms with Crippen LogP contribution < -0.4 is 0 Å². The van der Waals surface area contributed by atoms with Crippen LogP contribution in [-0.2, 0) is 23.3 Å². The zero-order valence-corrected chi connectivity index (χ0v) is 41.6. The highest BCUT2D eigenvalue weighted by Crippen LogP contribution is 2.46. The zero-order chi connectivity index (χ0) is 48.3. The molecule has 4 nitrogen and oxygen atoms in total. The van der Waals surface area contributed by atoms with E-state index in [2.05, 4.69) is 232 Å². The lowest BCUT2D eigenvalue weighted by molar-refractivity contribution is 0.446. The van der Waals surface area contributed by atoms with Gasteiger partial charge in [-0.3, -0.25) is 4.98 Å². The van der Waals surface area contributed by atoms with E-state index >= 15 is 0 Å². The van der Waals surface area contributed by atoms with Crippen molar-refractivity contribution in [1.82, 2.24) is 14.5 Å². The van der Waals surface area contributed by atoms with Crippen molar-refractivity contribution >= 4 is 16.6 Å². The van der Waals surface area contributed by atoms with Crippen LogP contribution in [0.4, 0.5) is 0 Å². The van der Waals surface area contributed by atoms with Gasteiger partial charge in [0.15, 0.2) is 0 Å². The number of aryl methyl sites for hydroxylation is 1. The number of aromatic hydroxyl groups is 1. The fraction of sp³-hybridized carbons (Fsp3) is 0.219. The molecule has 0 saturated carbocycles. The predicted octanol–water partition coefficient (Wildman–Crippen LogP) is 17.3. The maximum Gasteiger partial charge on any atom is 0.144 e. The second kappa shape index (κ2) is 17.4. The Hall–Kier alpha value is -7.30. The number of imidazole rings is 1. The van der Waals surface area contributed by atoms with Crippen molar-refractivity contribution in [2.75, 3.05) is 0 Å². The van der Waals surface area contributed by atoms with E-state index in [0.29, 0.717) is 5.82 Å². The molecular weight excluding hydrogens is 827 g/mol. The summed E-state index contributed by atoms with van der Waals surface area (Å²) in [4.78, 5) is 10.6. The zero-order valence-electron chi connectivity index (χ0n) is 41.6. The van der Waals surface area contributed by atoms with Crippen LogP contribution in [0, 0.1) is 0 Å². The van der Waals surface area contributed by atoms with Gasteiger partial charge in [0.05, 0.1) is 22.3 Å². The van der Waals surface area contributed by atoms with Gasteiger partial charge in [-0.2, -0.15) is 0 Å². The van der Waals surface area contributed by atoms with Crippen molar-refractivity contribution in [2.24, 2.45) is 7.05 Å². The average Bonchev–Trinajstić information content (AvgIpc) is 3.65. The number of rotatable bonds is 8. The molecule has 2 heterocycles. The normalized spacial score (nSPS) is 12.2. The van der Waals surface area contributed by atoms with Gasteiger partial charge in [-0.05, 0) is 145 Å². The van der Waals surface area contributed by atoms with Gasteiger partial charge in [0, 0.05) is 29.9 Å². The molecular formula is C64H63N3O. The van der Waals surface area contributed by atoms with Crippen LogP contribution in [0.1, 0.15) is 91.5 Å². The molecule has 2 aromatic heterocycles. The number of allylic oxidation sites excluding steroid dienone is 1. The molecule has 0 aliphatic carbocycles. The quantitative estimate of drug-likeness (QED) is 0.165. The number of pyridine rings is 1. The summed E-state index contributed by atoms with van der Waals surface area (Å²) in [5.41, 5.74) is 20.2. The van der Waals surface area contributed by atoms with Crippen LogP contribution >= 0.6 is 0 Å². The van der Waals surface area contributed by atoms with Crippen molar-refractivity contribution in [3.63, 3.8) is 0 Å². The molecule has 68 heavy (non-hydrogen) atoms. The van der Waals surface area contributed by atoms with Crippen LogP contribution in [-0.4, -0.2) is 19.6 Å². The van der Waals surface area contributed by atoms with Gasteiger partial charge in [-0.1, -0.05) is 178 Å². The van der Waals surface area contributed by atoms with Crippen molar-refractivity contribution < 1.29 is 5.11 Å². The third-order valence-corrected chi connectivity index (χ3v) is 13.4. The first-order valence-corrected chi connectivity index (χ1v) is 23.8. The van der Waals surface area contributed by atoms with E-state index in [1.807, 2.05) is 19.2 Å². The van der Waals surface area contributed by atoms with Crippen LogP contribution in [0.3, 0.4) is 0 Å². The second-order valence-electron chi connectivity index (χ2n) is 21.6. The fourth-order valence-corrected chi connectivity index (χ4v) is 9.38. The molecule has 0 fully saturated rings. The van der Waals surface area contributed by atoms with Crippen molar-refractivity contribution in [1.29, 1.82) is 0 Å². The Kier molecular flexibility index (Phi) is 11.7. The second-order valence-corrected chi connectivity index (χ2v) is 21.6. The lowest BCUT2D eigenvalue weighted by atomic mass is 9.79. The standard InChI is InChI=1S/C64H63N3O/c1-40(2)43-29-30-65-57(35-43)47-32-44(51-26-20-19-25-50(51)41-21-15-13-16-22-41)31-45(33-47)54-34-46(53-37-48(62(3,4)5)27-28-52(53)42-23-17-14-18-24-42)36-58-59(54)66-61(67(58)12)55-38-49(63(6,7)8)39-56(60(55)68)64(9,10)11/h13-39,68H,1H2,2-12H3. The molecule has 0 spiro atoms. The summed E-state index contributed by atoms with van der Waals surface area (Å²) in [7, 11) is 2.09. The summed E-state index contributed by atoms with van der Waals surface area (Å²) < 4.78 is 2.18. The molecule has 0 aliphatic heterocycles. The highest BCUT2D eigenvalue weighted by molar-refractivity contribution is 6.02. The molecule has 0 aliphatic rings. The lowest BCUT2D eigenvalue weighted by Gasteiger charge is -2.27. The number of hydrogen-bond acceptors (Lipinski definition) is 3. The molecule has 9 aromatic rings. The highest BCUT2D eigenvalue weighted by atomic mass is 16.3. The number of aromatic nitrogens is 3. The van der Waals surface area contributed by atoms with Crippen molar-refractivity contribution in [3.05, 3.63) is 193 Å². The molecule has 340 valence electrons. The number of phenols is 1. The summed E-state index contributed by atoms with van der Waals surface area (Å²) in [6.07, 6.45) is 1.88. The van der Waals surface area contributed by atoms with Crippen molar-refractivity contribution in [3.8, 4) is 84.0 Å². The Balaban J connectivity index is 1.41. The Labute approximate surface area is 403 Å². The monoisotopic (exact) mass is 889 g/mol.